The molecule has 1 aromatic carbocycles. The van der Waals surface area contributed by atoms with Crippen LogP contribution < -0.4 is 4.74 Å². The largest absolute Gasteiger partial charge is 0.486 e. The highest BCUT2D eigenvalue weighted by Crippen LogP contribution is 2.39. The second-order valence-electron chi connectivity index (χ2n) is 2.55. The molecule has 2 aromatic rings. The Bertz CT molecular complexity index is 452. The lowest BCUT2D eigenvalue weighted by Crippen LogP contribution is -1.78. The molecule has 0 saturated heterocycles. The summed E-state index contributed by atoms with van der Waals surface area (Å²) in [5.74, 6) is 0. The number of ether oxygens (including phenoxy) is 1. The quantitative estimate of drug-likeness (QED) is 0.683. The summed E-state index contributed by atoms with van der Waals surface area (Å²) in [6, 6.07) is 6.28. The molecule has 1 aromatic heterocycles. The number of benzene rings is 1. The monoisotopic (exact) mass is 368 g/mol. The molecule has 68 valence electrons. The molecule has 1 heterocycles. The molecule has 0 bridgehead atoms. The molecule has 0 atom stereocenters. The summed E-state index contributed by atoms with van der Waals surface area (Å²) in [6.07, 6.45) is 0. The van der Waals surface area contributed by atoms with Crippen LogP contribution in [0.3, 0.4) is 0 Å². The molecule has 0 aliphatic heterocycles. The molecule has 4 heteroatoms. The summed E-state index contributed by atoms with van der Waals surface area (Å²) in [4.78, 5) is 0. The fraction of sp³-hybridized carbons (Fsp3) is 0.111. The first-order chi connectivity index (χ1) is 6.22. The summed E-state index contributed by atoms with van der Waals surface area (Å²) < 4.78 is 8.84. The van der Waals surface area contributed by atoms with Crippen molar-refractivity contribution < 1.29 is 4.74 Å². The van der Waals surface area contributed by atoms with Gasteiger partial charge >= 0.3 is 0 Å². The van der Waals surface area contributed by atoms with Gasteiger partial charge in [-0.15, -0.1) is 0 Å². The van der Waals surface area contributed by atoms with E-state index in [0.717, 1.165) is 9.54 Å². The van der Waals surface area contributed by atoms with Crippen molar-refractivity contribution in [3.8, 4) is 5.06 Å². The fourth-order valence-corrected chi connectivity index (χ4v) is 3.81. The number of fused-ring (bicyclic) bond motifs is 1. The Balaban J connectivity index is 2.76. The van der Waals surface area contributed by atoms with Crippen LogP contribution in [0.1, 0.15) is 0 Å². The predicted molar refractivity (Wildman–Crippen MR) is 68.8 cm³/mol. The minimum Gasteiger partial charge on any atom is -0.486 e. The Kier molecular flexibility index (Phi) is 2.80. The van der Waals surface area contributed by atoms with Gasteiger partial charge in [0.15, 0.2) is 5.06 Å². The Morgan fingerprint density at radius 3 is 2.92 bits per heavy atom. The molecule has 1 nitrogen and oxygen atoms in total. The van der Waals surface area contributed by atoms with Gasteiger partial charge < -0.3 is 4.74 Å². The third-order valence-corrected chi connectivity index (χ3v) is 4.79. The molecule has 0 spiro atoms. The van der Waals surface area contributed by atoms with E-state index in [0.29, 0.717) is 0 Å². The fourth-order valence-electron chi connectivity index (χ4n) is 1.15. The average Bonchev–Trinajstić information content (AvgIpc) is 2.42. The summed E-state index contributed by atoms with van der Waals surface area (Å²) in [5.41, 5.74) is 0. The Hall–Kier alpha value is 0.190. The number of methoxy groups -OCH3 is 1. The van der Waals surface area contributed by atoms with Gasteiger partial charge in [-0.2, -0.15) is 0 Å². The Morgan fingerprint density at radius 1 is 1.46 bits per heavy atom. The Labute approximate surface area is 102 Å². The SMILES string of the molecule is COc1sc2cc(Br)ccc2c1I. The van der Waals surface area contributed by atoms with Gasteiger partial charge in [-0.3, -0.25) is 0 Å². The lowest BCUT2D eigenvalue weighted by Gasteiger charge is -1.92. The number of rotatable bonds is 1. The number of hydrogen-bond acceptors (Lipinski definition) is 2. The van der Waals surface area contributed by atoms with E-state index < -0.39 is 0 Å². The maximum atomic E-state index is 5.27. The van der Waals surface area contributed by atoms with Gasteiger partial charge in [-0.1, -0.05) is 33.3 Å². The number of hydrogen-bond donors (Lipinski definition) is 0. The van der Waals surface area contributed by atoms with Gasteiger partial charge in [0.05, 0.1) is 10.7 Å². The second-order valence-corrected chi connectivity index (χ2v) is 5.56. The van der Waals surface area contributed by atoms with Gasteiger partial charge in [0.1, 0.15) is 0 Å². The van der Waals surface area contributed by atoms with Crippen molar-refractivity contribution in [2.24, 2.45) is 0 Å². The molecule has 0 aliphatic carbocycles. The minimum atomic E-state index is 0.994. The van der Waals surface area contributed by atoms with Gasteiger partial charge in [0.2, 0.25) is 0 Å². The van der Waals surface area contributed by atoms with E-state index in [1.165, 1.54) is 13.7 Å². The van der Waals surface area contributed by atoms with Crippen LogP contribution in [0.25, 0.3) is 10.1 Å². The zero-order valence-electron chi connectivity index (χ0n) is 6.80. The smallest absolute Gasteiger partial charge is 0.188 e. The maximum absolute atomic E-state index is 5.27. The first kappa shape index (κ1) is 9.73. The van der Waals surface area contributed by atoms with Crippen LogP contribution in [-0.4, -0.2) is 7.11 Å². The molecule has 0 amide bonds. The third-order valence-electron chi connectivity index (χ3n) is 1.75. The average molecular weight is 369 g/mol. The highest BCUT2D eigenvalue weighted by molar-refractivity contribution is 14.1. The zero-order chi connectivity index (χ0) is 9.42. The summed E-state index contributed by atoms with van der Waals surface area (Å²) in [6.45, 7) is 0. The number of thiophene rings is 1. The van der Waals surface area contributed by atoms with E-state index >= 15 is 0 Å². The lowest BCUT2D eigenvalue weighted by molar-refractivity contribution is 0.425. The van der Waals surface area contributed by atoms with E-state index in [4.69, 9.17) is 4.74 Å². The van der Waals surface area contributed by atoms with Crippen LogP contribution >= 0.6 is 49.9 Å². The van der Waals surface area contributed by atoms with Gasteiger partial charge in [0.25, 0.3) is 0 Å². The predicted octanol–water partition coefficient (Wildman–Crippen LogP) is 4.28. The minimum absolute atomic E-state index is 0.994. The summed E-state index contributed by atoms with van der Waals surface area (Å²) in [7, 11) is 1.71. The third kappa shape index (κ3) is 1.71. The van der Waals surface area contributed by atoms with Gasteiger partial charge in [-0.25, -0.2) is 0 Å². The van der Waals surface area contributed by atoms with Crippen molar-refractivity contribution in [2.45, 2.75) is 0 Å². The lowest BCUT2D eigenvalue weighted by atomic mass is 10.3. The first-order valence-electron chi connectivity index (χ1n) is 3.64. The molecule has 0 aliphatic rings. The summed E-state index contributed by atoms with van der Waals surface area (Å²) >= 11 is 7.45. The molecule has 0 N–H and O–H groups in total. The molecule has 0 radical (unpaired) electrons. The van der Waals surface area contributed by atoms with E-state index in [2.05, 4.69) is 56.7 Å². The molecular formula is C9H6BrIOS. The van der Waals surface area contributed by atoms with Crippen LogP contribution in [0.2, 0.25) is 0 Å². The Morgan fingerprint density at radius 2 is 2.23 bits per heavy atom. The van der Waals surface area contributed by atoms with Crippen molar-refractivity contribution in [1.29, 1.82) is 0 Å². The van der Waals surface area contributed by atoms with E-state index in [9.17, 15) is 0 Å². The first-order valence-corrected chi connectivity index (χ1v) is 6.32. The van der Waals surface area contributed by atoms with Crippen molar-refractivity contribution >= 4 is 59.9 Å². The van der Waals surface area contributed by atoms with Crippen LogP contribution in [-0.2, 0) is 0 Å². The molecule has 0 fully saturated rings. The molecule has 0 unspecified atom stereocenters. The second kappa shape index (κ2) is 3.74. The van der Waals surface area contributed by atoms with Crippen molar-refractivity contribution in [1.82, 2.24) is 0 Å². The van der Waals surface area contributed by atoms with Crippen molar-refractivity contribution in [3.05, 3.63) is 26.2 Å². The molecule has 13 heavy (non-hydrogen) atoms. The van der Waals surface area contributed by atoms with Crippen LogP contribution in [0.5, 0.6) is 5.06 Å². The summed E-state index contributed by atoms with van der Waals surface area (Å²) in [5, 5.41) is 2.26. The van der Waals surface area contributed by atoms with Gasteiger partial charge in [0, 0.05) is 14.6 Å². The normalized spacial score (nSPS) is 10.7. The van der Waals surface area contributed by atoms with Crippen LogP contribution in [0.4, 0.5) is 0 Å². The number of halogens is 2. The van der Waals surface area contributed by atoms with Gasteiger partial charge in [-0.05, 0) is 34.7 Å². The topological polar surface area (TPSA) is 9.23 Å². The van der Waals surface area contributed by atoms with Crippen LogP contribution in [0.15, 0.2) is 22.7 Å². The molecule has 2 rings (SSSR count). The highest BCUT2D eigenvalue weighted by atomic mass is 127. The standard InChI is InChI=1S/C9H6BrIOS/c1-12-9-8(11)6-3-2-5(10)4-7(6)13-9/h2-4H,1H3. The van der Waals surface area contributed by atoms with E-state index in [1.54, 1.807) is 18.4 Å². The van der Waals surface area contributed by atoms with E-state index in [-0.39, 0.29) is 0 Å². The zero-order valence-corrected chi connectivity index (χ0v) is 11.4. The highest BCUT2D eigenvalue weighted by Gasteiger charge is 2.09. The van der Waals surface area contributed by atoms with Crippen LogP contribution in [0, 0.1) is 3.57 Å². The van der Waals surface area contributed by atoms with Crippen molar-refractivity contribution in [2.75, 3.05) is 7.11 Å². The molecular weight excluding hydrogens is 363 g/mol. The molecule has 0 saturated carbocycles. The van der Waals surface area contributed by atoms with E-state index in [1.807, 2.05) is 0 Å². The maximum Gasteiger partial charge on any atom is 0.188 e. The van der Waals surface area contributed by atoms with Crippen molar-refractivity contribution in [3.63, 3.8) is 0 Å².